The van der Waals surface area contributed by atoms with Crippen molar-refractivity contribution in [3.05, 3.63) is 59.7 Å². The van der Waals surface area contributed by atoms with E-state index >= 15 is 0 Å². The number of anilines is 1. The van der Waals surface area contributed by atoms with Gasteiger partial charge in [-0.25, -0.2) is 13.1 Å². The molecule has 7 nitrogen and oxygen atoms in total. The third kappa shape index (κ3) is 5.92. The quantitative estimate of drug-likeness (QED) is 0.717. The standard InChI is InChI=1S/C23H29N3O4S/c1-16(2)25-31(29,30)21-12-10-20(11-13-21)24-22(27)19-5-4-14-26(15-19)23(28)18-8-6-17(3)7-9-18/h6-13,16,19,25H,4-5,14-15H2,1-3H3,(H,24,27). The van der Waals surface area contributed by atoms with Crippen molar-refractivity contribution in [3.8, 4) is 0 Å². The number of carbonyl (C=O) groups excluding carboxylic acids is 2. The maximum Gasteiger partial charge on any atom is 0.253 e. The van der Waals surface area contributed by atoms with Gasteiger partial charge in [0.15, 0.2) is 0 Å². The average Bonchev–Trinajstić information content (AvgIpc) is 2.73. The summed E-state index contributed by atoms with van der Waals surface area (Å²) < 4.78 is 27.0. The second-order valence-corrected chi connectivity index (χ2v) is 9.96. The van der Waals surface area contributed by atoms with E-state index in [2.05, 4.69) is 10.0 Å². The van der Waals surface area contributed by atoms with Crippen LogP contribution in [-0.2, 0) is 14.8 Å². The molecule has 2 aromatic rings. The normalized spacial score (nSPS) is 16.9. The van der Waals surface area contributed by atoms with Crippen molar-refractivity contribution in [3.63, 3.8) is 0 Å². The number of rotatable bonds is 6. The Balaban J connectivity index is 1.62. The number of aryl methyl sites for hydroxylation is 1. The van der Waals surface area contributed by atoms with Crippen molar-refractivity contribution in [2.75, 3.05) is 18.4 Å². The summed E-state index contributed by atoms with van der Waals surface area (Å²) in [5.74, 6) is -0.545. The molecule has 1 heterocycles. The Bertz CT molecular complexity index is 1030. The van der Waals surface area contributed by atoms with Crippen LogP contribution >= 0.6 is 0 Å². The van der Waals surface area contributed by atoms with Crippen LogP contribution < -0.4 is 10.0 Å². The van der Waals surface area contributed by atoms with Crippen molar-refractivity contribution in [2.24, 2.45) is 5.92 Å². The number of nitrogens with zero attached hydrogens (tertiary/aromatic N) is 1. The lowest BCUT2D eigenvalue weighted by Crippen LogP contribution is -2.43. The SMILES string of the molecule is Cc1ccc(C(=O)N2CCCC(C(=O)Nc3ccc(S(=O)(=O)NC(C)C)cc3)C2)cc1. The Kier molecular flexibility index (Phi) is 7.12. The number of amides is 2. The van der Waals surface area contributed by atoms with Gasteiger partial charge in [-0.15, -0.1) is 0 Å². The van der Waals surface area contributed by atoms with Gasteiger partial charge in [0.05, 0.1) is 10.8 Å². The van der Waals surface area contributed by atoms with E-state index in [4.69, 9.17) is 0 Å². The maximum absolute atomic E-state index is 12.8. The van der Waals surface area contributed by atoms with E-state index in [1.807, 2.05) is 31.2 Å². The van der Waals surface area contributed by atoms with Gasteiger partial charge in [0.1, 0.15) is 0 Å². The summed E-state index contributed by atoms with van der Waals surface area (Å²) in [7, 11) is -3.58. The number of likely N-dealkylation sites (tertiary alicyclic amines) is 1. The minimum atomic E-state index is -3.58. The van der Waals surface area contributed by atoms with Crippen LogP contribution in [0.4, 0.5) is 5.69 Å². The van der Waals surface area contributed by atoms with Gasteiger partial charge in [0.2, 0.25) is 15.9 Å². The number of piperidine rings is 1. The molecule has 166 valence electrons. The van der Waals surface area contributed by atoms with Crippen LogP contribution in [0.5, 0.6) is 0 Å². The van der Waals surface area contributed by atoms with Crippen molar-refractivity contribution >= 4 is 27.5 Å². The molecule has 0 saturated carbocycles. The van der Waals surface area contributed by atoms with Crippen LogP contribution in [0.1, 0.15) is 42.6 Å². The molecule has 8 heteroatoms. The third-order valence-electron chi connectivity index (χ3n) is 5.20. The zero-order chi connectivity index (χ0) is 22.6. The second-order valence-electron chi connectivity index (χ2n) is 8.25. The first-order valence-corrected chi connectivity index (χ1v) is 11.9. The predicted molar refractivity (Wildman–Crippen MR) is 120 cm³/mol. The molecule has 2 amide bonds. The molecule has 1 aliphatic rings. The molecular formula is C23H29N3O4S. The lowest BCUT2D eigenvalue weighted by molar-refractivity contribution is -0.121. The van der Waals surface area contributed by atoms with E-state index in [0.717, 1.165) is 12.0 Å². The van der Waals surface area contributed by atoms with Crippen molar-refractivity contribution in [2.45, 2.75) is 44.6 Å². The van der Waals surface area contributed by atoms with Crippen LogP contribution in [-0.4, -0.2) is 44.3 Å². The van der Waals surface area contributed by atoms with Gasteiger partial charge in [0, 0.05) is 30.4 Å². The third-order valence-corrected chi connectivity index (χ3v) is 6.88. The molecule has 1 fully saturated rings. The highest BCUT2D eigenvalue weighted by molar-refractivity contribution is 7.89. The molecule has 2 aromatic carbocycles. The van der Waals surface area contributed by atoms with Gasteiger partial charge < -0.3 is 10.2 Å². The summed E-state index contributed by atoms with van der Waals surface area (Å²) >= 11 is 0. The maximum atomic E-state index is 12.8. The molecule has 1 aliphatic heterocycles. The molecular weight excluding hydrogens is 414 g/mol. The van der Waals surface area contributed by atoms with Crippen molar-refractivity contribution in [1.82, 2.24) is 9.62 Å². The zero-order valence-corrected chi connectivity index (χ0v) is 18.9. The van der Waals surface area contributed by atoms with E-state index < -0.39 is 10.0 Å². The Labute approximate surface area is 183 Å². The van der Waals surface area contributed by atoms with Gasteiger partial charge in [0.25, 0.3) is 5.91 Å². The molecule has 2 N–H and O–H groups in total. The van der Waals surface area contributed by atoms with Gasteiger partial charge in [-0.1, -0.05) is 17.7 Å². The first kappa shape index (κ1) is 23.0. The Hall–Kier alpha value is -2.71. The summed E-state index contributed by atoms with van der Waals surface area (Å²) in [6.45, 7) is 6.47. The molecule has 0 aliphatic carbocycles. The lowest BCUT2D eigenvalue weighted by atomic mass is 9.96. The Morgan fingerprint density at radius 3 is 2.29 bits per heavy atom. The fourth-order valence-electron chi connectivity index (χ4n) is 3.59. The van der Waals surface area contributed by atoms with Crippen LogP contribution in [0.15, 0.2) is 53.4 Å². The minimum absolute atomic E-state index is 0.0651. The molecule has 0 spiro atoms. The summed E-state index contributed by atoms with van der Waals surface area (Å²) in [4.78, 5) is 27.4. The van der Waals surface area contributed by atoms with E-state index in [1.54, 1.807) is 30.9 Å². The highest BCUT2D eigenvalue weighted by atomic mass is 32.2. The average molecular weight is 444 g/mol. The summed E-state index contributed by atoms with van der Waals surface area (Å²) in [6.07, 6.45) is 1.46. The highest BCUT2D eigenvalue weighted by Crippen LogP contribution is 2.21. The predicted octanol–water partition coefficient (Wildman–Crippen LogP) is 3.17. The molecule has 1 saturated heterocycles. The number of carbonyl (C=O) groups is 2. The summed E-state index contributed by atoms with van der Waals surface area (Å²) in [6, 6.07) is 13.3. The summed E-state index contributed by atoms with van der Waals surface area (Å²) in [5, 5.41) is 2.85. The first-order chi connectivity index (χ1) is 14.7. The molecule has 0 aromatic heterocycles. The number of nitrogens with one attached hydrogen (secondary N) is 2. The first-order valence-electron chi connectivity index (χ1n) is 10.4. The fraction of sp³-hybridized carbons (Fsp3) is 0.391. The highest BCUT2D eigenvalue weighted by Gasteiger charge is 2.29. The van der Waals surface area contributed by atoms with Crippen LogP contribution in [0.25, 0.3) is 0 Å². The van der Waals surface area contributed by atoms with E-state index in [0.29, 0.717) is 30.8 Å². The smallest absolute Gasteiger partial charge is 0.253 e. The van der Waals surface area contributed by atoms with E-state index in [9.17, 15) is 18.0 Å². The number of sulfonamides is 1. The van der Waals surface area contributed by atoms with Gasteiger partial charge in [-0.05, 0) is 70.0 Å². The van der Waals surface area contributed by atoms with Crippen molar-refractivity contribution in [1.29, 1.82) is 0 Å². The monoisotopic (exact) mass is 443 g/mol. The van der Waals surface area contributed by atoms with Gasteiger partial charge >= 0.3 is 0 Å². The molecule has 0 bridgehead atoms. The Morgan fingerprint density at radius 2 is 1.68 bits per heavy atom. The fourth-order valence-corrected chi connectivity index (χ4v) is 4.85. The number of hydrogen-bond donors (Lipinski definition) is 2. The minimum Gasteiger partial charge on any atom is -0.338 e. The number of benzene rings is 2. The zero-order valence-electron chi connectivity index (χ0n) is 18.1. The topological polar surface area (TPSA) is 95.6 Å². The van der Waals surface area contributed by atoms with Gasteiger partial charge in [-0.3, -0.25) is 9.59 Å². The summed E-state index contributed by atoms with van der Waals surface area (Å²) in [5.41, 5.74) is 2.24. The second kappa shape index (κ2) is 9.62. The van der Waals surface area contributed by atoms with Crippen LogP contribution in [0, 0.1) is 12.8 Å². The van der Waals surface area contributed by atoms with Crippen LogP contribution in [0.3, 0.4) is 0 Å². The molecule has 1 atom stereocenters. The molecule has 0 radical (unpaired) electrons. The lowest BCUT2D eigenvalue weighted by Gasteiger charge is -2.32. The van der Waals surface area contributed by atoms with Gasteiger partial charge in [-0.2, -0.15) is 0 Å². The van der Waals surface area contributed by atoms with Crippen LogP contribution in [0.2, 0.25) is 0 Å². The molecule has 3 rings (SSSR count). The molecule has 1 unspecified atom stereocenters. The Morgan fingerprint density at radius 1 is 1.03 bits per heavy atom. The number of hydrogen-bond acceptors (Lipinski definition) is 4. The van der Waals surface area contributed by atoms with Crippen molar-refractivity contribution < 1.29 is 18.0 Å². The molecule has 31 heavy (non-hydrogen) atoms. The van der Waals surface area contributed by atoms with E-state index in [-0.39, 0.29) is 28.7 Å². The van der Waals surface area contributed by atoms with E-state index in [1.165, 1.54) is 12.1 Å². The largest absolute Gasteiger partial charge is 0.338 e.